The molecule has 0 atom stereocenters. The molecule has 26 heavy (non-hydrogen) atoms. The predicted octanol–water partition coefficient (Wildman–Crippen LogP) is -0.102. The van der Waals surface area contributed by atoms with Crippen LogP contribution in [0.3, 0.4) is 0 Å². The smallest absolute Gasteiger partial charge is 0.241 e. The Labute approximate surface area is 174 Å². The normalized spacial score (nSPS) is 19.0. The average molecular weight is 480 g/mol. The molecule has 0 aliphatic carbocycles. The van der Waals surface area contributed by atoms with Gasteiger partial charge >= 0.3 is 0 Å². The van der Waals surface area contributed by atoms with Gasteiger partial charge in [0.1, 0.15) is 0 Å². The third kappa shape index (κ3) is 6.90. The van der Waals surface area contributed by atoms with Crippen molar-refractivity contribution in [1.82, 2.24) is 24.9 Å². The highest BCUT2D eigenvalue weighted by Gasteiger charge is 2.24. The van der Waals surface area contributed by atoms with Gasteiger partial charge in [0, 0.05) is 60.4 Å². The lowest BCUT2D eigenvalue weighted by Crippen LogP contribution is -2.55. The van der Waals surface area contributed by atoms with Gasteiger partial charge < -0.3 is 20.0 Å². The number of likely N-dealkylation sites (tertiary alicyclic amines) is 1. The van der Waals surface area contributed by atoms with E-state index in [0.29, 0.717) is 6.54 Å². The summed E-state index contributed by atoms with van der Waals surface area (Å²) < 4.78 is 0. The van der Waals surface area contributed by atoms with E-state index in [1.54, 1.807) is 26.0 Å². The Morgan fingerprint density at radius 3 is 2.12 bits per heavy atom. The Kier molecular flexibility index (Phi) is 10.2. The lowest BCUT2D eigenvalue weighted by atomic mass is 10.1. The Morgan fingerprint density at radius 1 is 0.962 bits per heavy atom. The number of hydrogen-bond acceptors (Lipinski definition) is 4. The Morgan fingerprint density at radius 2 is 1.58 bits per heavy atom. The van der Waals surface area contributed by atoms with Crippen LogP contribution in [0.15, 0.2) is 4.99 Å². The van der Waals surface area contributed by atoms with Crippen LogP contribution in [0.2, 0.25) is 0 Å². The second-order valence-electron chi connectivity index (χ2n) is 6.89. The molecule has 0 aromatic carbocycles. The van der Waals surface area contributed by atoms with Gasteiger partial charge in [-0.1, -0.05) is 0 Å². The van der Waals surface area contributed by atoms with E-state index in [4.69, 9.17) is 0 Å². The molecule has 0 unspecified atom stereocenters. The summed E-state index contributed by atoms with van der Waals surface area (Å²) >= 11 is 0. The molecule has 2 aliphatic heterocycles. The van der Waals surface area contributed by atoms with Gasteiger partial charge in [-0.15, -0.1) is 24.0 Å². The summed E-state index contributed by atoms with van der Waals surface area (Å²) in [5, 5.41) is 3.12. The summed E-state index contributed by atoms with van der Waals surface area (Å²) in [5.41, 5.74) is 0. The van der Waals surface area contributed by atoms with Crippen molar-refractivity contribution in [2.24, 2.45) is 4.99 Å². The minimum atomic E-state index is 0. The van der Waals surface area contributed by atoms with Crippen molar-refractivity contribution in [2.45, 2.75) is 19.3 Å². The van der Waals surface area contributed by atoms with Crippen LogP contribution in [0, 0.1) is 0 Å². The second-order valence-corrected chi connectivity index (χ2v) is 6.89. The number of carbonyl (C=O) groups excluding carboxylic acids is 2. The van der Waals surface area contributed by atoms with Crippen LogP contribution in [0.1, 0.15) is 19.3 Å². The van der Waals surface area contributed by atoms with Gasteiger partial charge in [0.2, 0.25) is 11.8 Å². The Balaban J connectivity index is 0.00000338. The maximum absolute atomic E-state index is 12.4. The Hall–Kier alpha value is -1.10. The fourth-order valence-corrected chi connectivity index (χ4v) is 3.20. The number of rotatable bonds is 4. The molecule has 2 fully saturated rings. The summed E-state index contributed by atoms with van der Waals surface area (Å²) in [6, 6.07) is 0. The first kappa shape index (κ1) is 22.9. The number of carbonyl (C=O) groups is 2. The molecule has 2 saturated heterocycles. The van der Waals surface area contributed by atoms with Crippen LogP contribution in [0.25, 0.3) is 0 Å². The zero-order chi connectivity index (χ0) is 18.2. The standard InChI is InChI=1S/C17H32N6O2.HI/c1-18-17(19-13-15(24)20(2)3)23-11-9-21(10-12-23)14-16(25)22-7-5-4-6-8-22;/h4-14H2,1-3H3,(H,18,19);1H. The van der Waals surface area contributed by atoms with Crippen LogP contribution in [0.5, 0.6) is 0 Å². The van der Waals surface area contributed by atoms with E-state index in [1.807, 2.05) is 4.90 Å². The first-order valence-electron chi connectivity index (χ1n) is 9.17. The van der Waals surface area contributed by atoms with Gasteiger partial charge in [-0.25, -0.2) is 0 Å². The maximum Gasteiger partial charge on any atom is 0.241 e. The van der Waals surface area contributed by atoms with Gasteiger partial charge in [0.15, 0.2) is 5.96 Å². The maximum atomic E-state index is 12.4. The number of aliphatic imine (C=N–C) groups is 1. The highest BCUT2D eigenvalue weighted by Crippen LogP contribution is 2.10. The topological polar surface area (TPSA) is 71.5 Å². The highest BCUT2D eigenvalue weighted by atomic mass is 127. The van der Waals surface area contributed by atoms with Crippen LogP contribution >= 0.6 is 24.0 Å². The quantitative estimate of drug-likeness (QED) is 0.346. The molecule has 8 nitrogen and oxygen atoms in total. The van der Waals surface area contributed by atoms with Gasteiger partial charge in [0.25, 0.3) is 0 Å². The molecule has 0 radical (unpaired) electrons. The third-order valence-electron chi connectivity index (χ3n) is 4.85. The fraction of sp³-hybridized carbons (Fsp3) is 0.824. The van der Waals surface area contributed by atoms with Crippen LogP contribution in [-0.4, -0.2) is 111 Å². The van der Waals surface area contributed by atoms with Crippen LogP contribution < -0.4 is 5.32 Å². The SMILES string of the molecule is CN=C(NCC(=O)N(C)C)N1CCN(CC(=O)N2CCCCC2)CC1.I. The molecule has 9 heteroatoms. The van der Waals surface area contributed by atoms with Gasteiger partial charge in [0.05, 0.1) is 13.1 Å². The molecule has 0 aromatic heterocycles. The minimum absolute atomic E-state index is 0. The summed E-state index contributed by atoms with van der Waals surface area (Å²) in [5.74, 6) is 1.02. The largest absolute Gasteiger partial charge is 0.347 e. The molecular formula is C17H33IN6O2. The van der Waals surface area contributed by atoms with Crippen molar-refractivity contribution >= 4 is 41.8 Å². The zero-order valence-electron chi connectivity index (χ0n) is 16.2. The summed E-state index contributed by atoms with van der Waals surface area (Å²) in [6.45, 7) is 5.87. The summed E-state index contributed by atoms with van der Waals surface area (Å²) in [6.07, 6.45) is 3.51. The average Bonchev–Trinajstić information content (AvgIpc) is 2.63. The highest BCUT2D eigenvalue weighted by molar-refractivity contribution is 14.0. The fourth-order valence-electron chi connectivity index (χ4n) is 3.20. The third-order valence-corrected chi connectivity index (χ3v) is 4.85. The predicted molar refractivity (Wildman–Crippen MR) is 114 cm³/mol. The first-order chi connectivity index (χ1) is 12.0. The first-order valence-corrected chi connectivity index (χ1v) is 9.17. The Bertz CT molecular complexity index is 486. The van der Waals surface area contributed by atoms with Crippen molar-refractivity contribution < 1.29 is 9.59 Å². The monoisotopic (exact) mass is 480 g/mol. The van der Waals surface area contributed by atoms with Gasteiger partial charge in [-0.3, -0.25) is 19.5 Å². The number of nitrogens with one attached hydrogen (secondary N) is 1. The van der Waals surface area contributed by atoms with E-state index in [9.17, 15) is 9.59 Å². The molecule has 2 amide bonds. The van der Waals surface area contributed by atoms with E-state index in [2.05, 4.69) is 20.1 Å². The molecule has 0 aromatic rings. The lowest BCUT2D eigenvalue weighted by molar-refractivity contribution is -0.133. The van der Waals surface area contributed by atoms with E-state index >= 15 is 0 Å². The van der Waals surface area contributed by atoms with Crippen molar-refractivity contribution in [3.8, 4) is 0 Å². The van der Waals surface area contributed by atoms with Crippen LogP contribution in [0.4, 0.5) is 0 Å². The van der Waals surface area contributed by atoms with Crippen molar-refractivity contribution in [3.05, 3.63) is 0 Å². The number of nitrogens with zero attached hydrogens (tertiary/aromatic N) is 5. The number of hydrogen-bond donors (Lipinski definition) is 1. The number of guanidine groups is 1. The van der Waals surface area contributed by atoms with Gasteiger partial charge in [-0.2, -0.15) is 0 Å². The van der Waals surface area contributed by atoms with E-state index in [1.165, 1.54) is 6.42 Å². The zero-order valence-corrected chi connectivity index (χ0v) is 18.6. The number of piperazine rings is 1. The molecule has 150 valence electrons. The van der Waals surface area contributed by atoms with Crippen molar-refractivity contribution in [3.63, 3.8) is 0 Å². The second kappa shape index (κ2) is 11.6. The van der Waals surface area contributed by atoms with Crippen molar-refractivity contribution in [2.75, 3.05) is 73.5 Å². The molecule has 0 bridgehead atoms. The molecule has 0 spiro atoms. The van der Waals surface area contributed by atoms with E-state index in [-0.39, 0.29) is 42.3 Å². The van der Waals surface area contributed by atoms with Gasteiger partial charge in [-0.05, 0) is 19.3 Å². The molecule has 2 aliphatic rings. The number of piperidine rings is 1. The molecule has 0 saturated carbocycles. The van der Waals surface area contributed by atoms with Crippen molar-refractivity contribution in [1.29, 1.82) is 0 Å². The number of likely N-dealkylation sites (N-methyl/N-ethyl adjacent to an activating group) is 1. The summed E-state index contributed by atoms with van der Waals surface area (Å²) in [4.78, 5) is 36.3. The molecule has 2 heterocycles. The lowest BCUT2D eigenvalue weighted by Gasteiger charge is -2.37. The summed E-state index contributed by atoms with van der Waals surface area (Å²) in [7, 11) is 5.21. The van der Waals surface area contributed by atoms with E-state index < -0.39 is 0 Å². The molecule has 1 N–H and O–H groups in total. The number of amides is 2. The minimum Gasteiger partial charge on any atom is -0.347 e. The molecule has 2 rings (SSSR count). The van der Waals surface area contributed by atoms with E-state index in [0.717, 1.165) is 58.1 Å². The van der Waals surface area contributed by atoms with Crippen LogP contribution in [-0.2, 0) is 9.59 Å². The molecular weight excluding hydrogens is 447 g/mol. The number of halogens is 1.